The first-order valence-electron chi connectivity index (χ1n) is 4.93. The molecule has 0 saturated heterocycles. The average Bonchev–Trinajstić information content (AvgIpc) is 2.69. The third-order valence-electron chi connectivity index (χ3n) is 2.52. The molecule has 82 valence electrons. The Morgan fingerprint density at radius 3 is 2.19 bits per heavy atom. The summed E-state index contributed by atoms with van der Waals surface area (Å²) in [7, 11) is 0. The van der Waals surface area contributed by atoms with Crippen molar-refractivity contribution in [3.63, 3.8) is 0 Å². The predicted octanol–water partition coefficient (Wildman–Crippen LogP) is 1.17. The summed E-state index contributed by atoms with van der Waals surface area (Å²) in [4.78, 5) is 23.5. The minimum atomic E-state index is -1.11. The molecule has 0 bridgehead atoms. The fraction of sp³-hybridized carbons (Fsp3) is 0.167. The second kappa shape index (κ2) is 4.18. The van der Waals surface area contributed by atoms with Crippen molar-refractivity contribution in [2.24, 2.45) is 0 Å². The number of fused-ring (bicyclic) bond motifs is 1. The van der Waals surface area contributed by atoms with Crippen LogP contribution < -0.4 is 0 Å². The van der Waals surface area contributed by atoms with E-state index in [0.717, 1.165) is 23.3 Å². The van der Waals surface area contributed by atoms with Gasteiger partial charge >= 0.3 is 5.97 Å². The highest BCUT2D eigenvalue weighted by atomic mass is 16.4. The van der Waals surface area contributed by atoms with Gasteiger partial charge < -0.3 is 10.0 Å². The summed E-state index contributed by atoms with van der Waals surface area (Å²) in [6.07, 6.45) is 1.96. The van der Waals surface area contributed by atoms with E-state index < -0.39 is 5.97 Å². The highest BCUT2D eigenvalue weighted by molar-refractivity contribution is 5.94. The molecule has 1 aliphatic heterocycles. The van der Waals surface area contributed by atoms with Crippen molar-refractivity contribution >= 4 is 11.9 Å². The van der Waals surface area contributed by atoms with Gasteiger partial charge in [-0.25, -0.2) is 4.79 Å². The van der Waals surface area contributed by atoms with Crippen LogP contribution in [0.4, 0.5) is 0 Å². The fourth-order valence-electron chi connectivity index (χ4n) is 1.74. The number of nitrogens with zero attached hydrogens (tertiary/aromatic N) is 1. The quantitative estimate of drug-likeness (QED) is 0.756. The topological polar surface area (TPSA) is 57.6 Å². The Balaban J connectivity index is 2.06. The fourth-order valence-corrected chi connectivity index (χ4v) is 1.74. The number of rotatable bonds is 2. The lowest BCUT2D eigenvalue weighted by Gasteiger charge is -2.11. The molecule has 0 saturated carbocycles. The van der Waals surface area contributed by atoms with Crippen molar-refractivity contribution in [2.45, 2.75) is 13.1 Å². The molecule has 1 aromatic carbocycles. The molecule has 0 unspecified atom stereocenters. The van der Waals surface area contributed by atoms with Gasteiger partial charge in [-0.2, -0.15) is 0 Å². The second-order valence-electron chi connectivity index (χ2n) is 3.63. The Morgan fingerprint density at radius 2 is 1.69 bits per heavy atom. The Morgan fingerprint density at radius 1 is 1.12 bits per heavy atom. The number of benzene rings is 1. The standard InChI is InChI=1S/C12H11NO3/c14-11(5-6-12(15)16)13-7-9-3-1-2-4-10(9)8-13/h1-6H,7-8H2,(H,15,16). The summed E-state index contributed by atoms with van der Waals surface area (Å²) in [6.45, 7) is 1.11. The first-order chi connectivity index (χ1) is 7.66. The van der Waals surface area contributed by atoms with Crippen LogP contribution >= 0.6 is 0 Å². The lowest BCUT2D eigenvalue weighted by atomic mass is 10.1. The molecule has 0 aliphatic carbocycles. The van der Waals surface area contributed by atoms with Crippen LogP contribution in [0.15, 0.2) is 36.4 Å². The van der Waals surface area contributed by atoms with E-state index in [2.05, 4.69) is 0 Å². The van der Waals surface area contributed by atoms with Gasteiger partial charge in [0.2, 0.25) is 5.91 Å². The normalized spacial score (nSPS) is 14.1. The second-order valence-corrected chi connectivity index (χ2v) is 3.63. The van der Waals surface area contributed by atoms with Gasteiger partial charge in [-0.3, -0.25) is 4.79 Å². The van der Waals surface area contributed by atoms with Crippen LogP contribution in [0.1, 0.15) is 11.1 Å². The number of carbonyl (C=O) groups is 2. The lowest BCUT2D eigenvalue weighted by Crippen LogP contribution is -2.23. The number of hydrogen-bond donors (Lipinski definition) is 1. The van der Waals surface area contributed by atoms with E-state index in [4.69, 9.17) is 5.11 Å². The summed E-state index contributed by atoms with van der Waals surface area (Å²) in [5, 5.41) is 8.42. The molecule has 0 radical (unpaired) electrons. The molecule has 0 fully saturated rings. The van der Waals surface area contributed by atoms with Gasteiger partial charge in [-0.15, -0.1) is 0 Å². The van der Waals surface area contributed by atoms with Crippen molar-refractivity contribution in [1.82, 2.24) is 4.90 Å². The first-order valence-corrected chi connectivity index (χ1v) is 4.93. The maximum atomic E-state index is 11.6. The van der Waals surface area contributed by atoms with Gasteiger partial charge in [0.1, 0.15) is 0 Å². The summed E-state index contributed by atoms with van der Waals surface area (Å²) in [6, 6.07) is 7.81. The zero-order chi connectivity index (χ0) is 11.5. The minimum absolute atomic E-state index is 0.265. The highest BCUT2D eigenvalue weighted by Crippen LogP contribution is 2.22. The van der Waals surface area contributed by atoms with Crippen molar-refractivity contribution in [2.75, 3.05) is 0 Å². The van der Waals surface area contributed by atoms with Gasteiger partial charge in [0.15, 0.2) is 0 Å². The zero-order valence-electron chi connectivity index (χ0n) is 8.59. The Hall–Kier alpha value is -2.10. The molecule has 0 atom stereocenters. The molecular formula is C12H11NO3. The molecule has 0 spiro atoms. The van der Waals surface area contributed by atoms with Gasteiger partial charge in [0.25, 0.3) is 0 Å². The summed E-state index contributed by atoms with van der Waals surface area (Å²) in [5.41, 5.74) is 2.25. The van der Waals surface area contributed by atoms with Gasteiger partial charge in [0.05, 0.1) is 0 Å². The van der Waals surface area contributed by atoms with E-state index in [1.54, 1.807) is 4.90 Å². The van der Waals surface area contributed by atoms with E-state index in [1.807, 2.05) is 24.3 Å². The van der Waals surface area contributed by atoms with E-state index >= 15 is 0 Å². The first kappa shape index (κ1) is 10.4. The molecule has 4 heteroatoms. The van der Waals surface area contributed by atoms with Crippen LogP contribution in [0.25, 0.3) is 0 Å². The summed E-state index contributed by atoms with van der Waals surface area (Å²) >= 11 is 0. The molecular weight excluding hydrogens is 206 g/mol. The predicted molar refractivity (Wildman–Crippen MR) is 57.5 cm³/mol. The smallest absolute Gasteiger partial charge is 0.328 e. The van der Waals surface area contributed by atoms with Crippen molar-refractivity contribution in [1.29, 1.82) is 0 Å². The van der Waals surface area contributed by atoms with Crippen LogP contribution in [0.5, 0.6) is 0 Å². The summed E-state index contributed by atoms with van der Waals surface area (Å²) < 4.78 is 0. The van der Waals surface area contributed by atoms with Gasteiger partial charge in [0, 0.05) is 25.2 Å². The Kier molecular flexibility index (Phi) is 2.72. The number of carboxylic acids is 1. The van der Waals surface area contributed by atoms with Crippen LogP contribution in [-0.2, 0) is 22.7 Å². The van der Waals surface area contributed by atoms with Gasteiger partial charge in [-0.1, -0.05) is 24.3 Å². The van der Waals surface area contributed by atoms with Crippen molar-refractivity contribution in [3.8, 4) is 0 Å². The van der Waals surface area contributed by atoms with Crippen molar-refractivity contribution < 1.29 is 14.7 Å². The Bertz CT molecular complexity index is 440. The van der Waals surface area contributed by atoms with Crippen LogP contribution in [-0.4, -0.2) is 21.9 Å². The number of aliphatic carboxylic acids is 1. The zero-order valence-corrected chi connectivity index (χ0v) is 8.59. The average molecular weight is 217 g/mol. The minimum Gasteiger partial charge on any atom is -0.478 e. The molecule has 1 aliphatic rings. The Labute approximate surface area is 92.8 Å². The molecule has 2 rings (SSSR count). The van der Waals surface area contributed by atoms with Crippen LogP contribution in [0.2, 0.25) is 0 Å². The van der Waals surface area contributed by atoms with E-state index in [0.29, 0.717) is 13.1 Å². The number of amides is 1. The van der Waals surface area contributed by atoms with Crippen LogP contribution in [0.3, 0.4) is 0 Å². The number of carbonyl (C=O) groups excluding carboxylic acids is 1. The van der Waals surface area contributed by atoms with E-state index in [9.17, 15) is 9.59 Å². The van der Waals surface area contributed by atoms with Crippen LogP contribution in [0, 0.1) is 0 Å². The molecule has 16 heavy (non-hydrogen) atoms. The monoisotopic (exact) mass is 217 g/mol. The third kappa shape index (κ3) is 2.11. The largest absolute Gasteiger partial charge is 0.478 e. The number of hydrogen-bond acceptors (Lipinski definition) is 2. The molecule has 0 aromatic heterocycles. The molecule has 4 nitrogen and oxygen atoms in total. The lowest BCUT2D eigenvalue weighted by molar-refractivity contribution is -0.132. The SMILES string of the molecule is O=C(O)C=CC(=O)N1Cc2ccccc2C1. The molecule has 1 aromatic rings. The maximum Gasteiger partial charge on any atom is 0.328 e. The molecule has 1 amide bonds. The van der Waals surface area contributed by atoms with E-state index in [1.165, 1.54) is 0 Å². The maximum absolute atomic E-state index is 11.6. The highest BCUT2D eigenvalue weighted by Gasteiger charge is 2.20. The van der Waals surface area contributed by atoms with Gasteiger partial charge in [-0.05, 0) is 11.1 Å². The number of carboxylic acid groups (broad SMARTS) is 1. The molecule has 1 N–H and O–H groups in total. The molecule has 1 heterocycles. The van der Waals surface area contributed by atoms with E-state index in [-0.39, 0.29) is 5.91 Å². The van der Waals surface area contributed by atoms with Crippen molar-refractivity contribution in [3.05, 3.63) is 47.5 Å². The third-order valence-corrected chi connectivity index (χ3v) is 2.52. The summed E-state index contributed by atoms with van der Waals surface area (Å²) in [5.74, 6) is -1.37.